The molecule has 33 heavy (non-hydrogen) atoms. The number of aryl methyl sites for hydroxylation is 2. The van der Waals surface area contributed by atoms with Gasteiger partial charge in [0, 0.05) is 5.56 Å². The lowest BCUT2D eigenvalue weighted by atomic mass is 10.1. The van der Waals surface area contributed by atoms with Gasteiger partial charge in [-0.15, -0.1) is 0 Å². The average molecular weight is 487 g/mol. The van der Waals surface area contributed by atoms with Gasteiger partial charge < -0.3 is 14.8 Å². The lowest BCUT2D eigenvalue weighted by molar-refractivity contribution is 0.0789. The molecule has 0 radical (unpaired) electrons. The zero-order chi connectivity index (χ0) is 23.6. The molecule has 0 spiro atoms. The number of sulfonamides is 1. The van der Waals surface area contributed by atoms with Crippen molar-refractivity contribution in [2.24, 2.45) is 0 Å². The van der Waals surface area contributed by atoms with Crippen molar-refractivity contribution in [2.45, 2.75) is 24.8 Å². The molecule has 1 atom stereocenters. The summed E-state index contributed by atoms with van der Waals surface area (Å²) < 4.78 is 40.1. The highest BCUT2D eigenvalue weighted by atomic mass is 35.5. The molecule has 1 amide bonds. The van der Waals surface area contributed by atoms with Crippen LogP contribution in [0, 0.1) is 13.8 Å². The van der Waals surface area contributed by atoms with Crippen molar-refractivity contribution in [1.82, 2.24) is 5.32 Å². The minimum atomic E-state index is -4.01. The van der Waals surface area contributed by atoms with Gasteiger partial charge in [0.15, 0.2) is 11.5 Å². The van der Waals surface area contributed by atoms with Crippen LogP contribution in [0.5, 0.6) is 11.5 Å². The Balaban J connectivity index is 1.47. The SMILES string of the molecule is Cc1ccc(C)c(NS(=O)(=O)c2cc(C(=O)NC[C@H]3COc4ccccc4O3)ccc2Cl)c1. The number of carbonyl (C=O) groups is 1. The number of rotatable bonds is 6. The summed E-state index contributed by atoms with van der Waals surface area (Å²) in [6.45, 7) is 4.16. The molecule has 9 heteroatoms. The van der Waals surface area contributed by atoms with E-state index < -0.39 is 15.9 Å². The first kappa shape index (κ1) is 22.9. The zero-order valence-electron chi connectivity index (χ0n) is 18.1. The van der Waals surface area contributed by atoms with Crippen molar-refractivity contribution in [2.75, 3.05) is 17.9 Å². The van der Waals surface area contributed by atoms with E-state index in [0.717, 1.165) is 11.1 Å². The molecule has 0 fully saturated rings. The zero-order valence-corrected chi connectivity index (χ0v) is 19.7. The van der Waals surface area contributed by atoms with Crippen LogP contribution < -0.4 is 19.5 Å². The van der Waals surface area contributed by atoms with Gasteiger partial charge in [-0.2, -0.15) is 0 Å². The molecule has 0 aromatic heterocycles. The quantitative estimate of drug-likeness (QED) is 0.541. The van der Waals surface area contributed by atoms with Crippen LogP contribution in [0.15, 0.2) is 65.6 Å². The lowest BCUT2D eigenvalue weighted by Gasteiger charge is -2.26. The molecule has 172 valence electrons. The topological polar surface area (TPSA) is 93.7 Å². The molecule has 1 aliphatic rings. The van der Waals surface area contributed by atoms with Crippen LogP contribution in [0.4, 0.5) is 5.69 Å². The molecule has 1 aliphatic heterocycles. The largest absolute Gasteiger partial charge is 0.486 e. The normalized spacial score (nSPS) is 15.1. The molecule has 0 unspecified atom stereocenters. The maximum Gasteiger partial charge on any atom is 0.263 e. The fourth-order valence-electron chi connectivity index (χ4n) is 3.37. The van der Waals surface area contributed by atoms with Gasteiger partial charge in [-0.3, -0.25) is 9.52 Å². The van der Waals surface area contributed by atoms with Crippen molar-refractivity contribution < 1.29 is 22.7 Å². The first-order chi connectivity index (χ1) is 15.7. The molecule has 7 nitrogen and oxygen atoms in total. The van der Waals surface area contributed by atoms with Gasteiger partial charge in [-0.05, 0) is 61.4 Å². The Morgan fingerprint density at radius 2 is 1.82 bits per heavy atom. The lowest BCUT2D eigenvalue weighted by Crippen LogP contribution is -2.40. The van der Waals surface area contributed by atoms with E-state index in [1.807, 2.05) is 37.3 Å². The second-order valence-corrected chi connectivity index (χ2v) is 9.83. The maximum absolute atomic E-state index is 13.0. The number of para-hydroxylation sites is 2. The highest BCUT2D eigenvalue weighted by Gasteiger charge is 2.23. The van der Waals surface area contributed by atoms with Crippen molar-refractivity contribution in [3.63, 3.8) is 0 Å². The number of anilines is 1. The Morgan fingerprint density at radius 3 is 2.61 bits per heavy atom. The number of carbonyl (C=O) groups excluding carboxylic acids is 1. The second kappa shape index (κ2) is 9.33. The number of hydrogen-bond acceptors (Lipinski definition) is 5. The third kappa shape index (κ3) is 5.23. The van der Waals surface area contributed by atoms with Crippen LogP contribution in [0.2, 0.25) is 5.02 Å². The highest BCUT2D eigenvalue weighted by molar-refractivity contribution is 7.92. The van der Waals surface area contributed by atoms with Gasteiger partial charge in [0.05, 0.1) is 17.3 Å². The molecular formula is C24H23ClN2O5S. The number of nitrogens with one attached hydrogen (secondary N) is 2. The van der Waals surface area contributed by atoms with Crippen molar-refractivity contribution >= 4 is 33.2 Å². The summed E-state index contributed by atoms with van der Waals surface area (Å²) in [7, 11) is -4.01. The summed E-state index contributed by atoms with van der Waals surface area (Å²) in [5, 5.41) is 2.78. The molecule has 0 saturated carbocycles. The fourth-order valence-corrected chi connectivity index (χ4v) is 5.02. The Morgan fingerprint density at radius 1 is 1.06 bits per heavy atom. The monoisotopic (exact) mass is 486 g/mol. The number of halogens is 1. The maximum atomic E-state index is 13.0. The van der Waals surface area contributed by atoms with Gasteiger partial charge in [0.2, 0.25) is 0 Å². The number of fused-ring (bicyclic) bond motifs is 1. The molecule has 3 aromatic carbocycles. The van der Waals surface area contributed by atoms with Gasteiger partial charge in [-0.25, -0.2) is 8.42 Å². The molecule has 0 bridgehead atoms. The number of ether oxygens (including phenoxy) is 2. The van der Waals surface area contributed by atoms with E-state index in [0.29, 0.717) is 17.2 Å². The van der Waals surface area contributed by atoms with Gasteiger partial charge in [-0.1, -0.05) is 35.9 Å². The Labute approximate surface area is 197 Å². The summed E-state index contributed by atoms with van der Waals surface area (Å²) in [6, 6.07) is 16.9. The van der Waals surface area contributed by atoms with E-state index in [4.69, 9.17) is 21.1 Å². The van der Waals surface area contributed by atoms with Crippen molar-refractivity contribution in [3.8, 4) is 11.5 Å². The van der Waals surface area contributed by atoms with E-state index in [2.05, 4.69) is 10.0 Å². The van der Waals surface area contributed by atoms with Crippen LogP contribution in [-0.2, 0) is 10.0 Å². The van der Waals surface area contributed by atoms with E-state index in [1.54, 1.807) is 19.1 Å². The average Bonchev–Trinajstić information content (AvgIpc) is 2.79. The molecule has 4 rings (SSSR count). The number of benzene rings is 3. The van der Waals surface area contributed by atoms with Gasteiger partial charge in [0.25, 0.3) is 15.9 Å². The summed E-state index contributed by atoms with van der Waals surface area (Å²) in [4.78, 5) is 12.5. The van der Waals surface area contributed by atoms with E-state index >= 15 is 0 Å². The van der Waals surface area contributed by atoms with E-state index in [1.165, 1.54) is 18.2 Å². The summed E-state index contributed by atoms with van der Waals surface area (Å²) in [5.74, 6) is 0.821. The minimum Gasteiger partial charge on any atom is -0.486 e. The second-order valence-electron chi connectivity index (χ2n) is 7.78. The Kier molecular flexibility index (Phi) is 6.49. The smallest absolute Gasteiger partial charge is 0.263 e. The van der Waals surface area contributed by atoms with Crippen LogP contribution in [0.1, 0.15) is 21.5 Å². The van der Waals surface area contributed by atoms with Gasteiger partial charge >= 0.3 is 0 Å². The van der Waals surface area contributed by atoms with Crippen molar-refractivity contribution in [3.05, 3.63) is 82.4 Å². The number of hydrogen-bond donors (Lipinski definition) is 2. The first-order valence-corrected chi connectivity index (χ1v) is 12.2. The summed E-state index contributed by atoms with van der Waals surface area (Å²) in [5.41, 5.74) is 2.30. The molecule has 0 aliphatic carbocycles. The highest BCUT2D eigenvalue weighted by Crippen LogP contribution is 2.31. The molecule has 1 heterocycles. The van der Waals surface area contributed by atoms with Crippen LogP contribution in [0.3, 0.4) is 0 Å². The van der Waals surface area contributed by atoms with Crippen molar-refractivity contribution in [1.29, 1.82) is 0 Å². The molecule has 2 N–H and O–H groups in total. The predicted octanol–water partition coefficient (Wildman–Crippen LogP) is 4.33. The molecule has 0 saturated heterocycles. The van der Waals surface area contributed by atoms with E-state index in [-0.39, 0.29) is 34.7 Å². The number of amides is 1. The van der Waals surface area contributed by atoms with Crippen LogP contribution in [-0.4, -0.2) is 33.6 Å². The van der Waals surface area contributed by atoms with Crippen LogP contribution in [0.25, 0.3) is 0 Å². The third-order valence-electron chi connectivity index (χ3n) is 5.18. The van der Waals surface area contributed by atoms with E-state index in [9.17, 15) is 13.2 Å². The molecular weight excluding hydrogens is 464 g/mol. The fraction of sp³-hybridized carbons (Fsp3) is 0.208. The Hall–Kier alpha value is -3.23. The standard InChI is InChI=1S/C24H23ClN2O5S/c1-15-7-8-16(2)20(11-15)27-33(29,30)23-12-17(9-10-19(23)25)24(28)26-13-18-14-31-21-5-3-4-6-22(21)32-18/h3-12,18,27H,13-14H2,1-2H3,(H,26,28)/t18-/m0/s1. The first-order valence-electron chi connectivity index (χ1n) is 10.3. The Bertz CT molecular complexity index is 1310. The summed E-state index contributed by atoms with van der Waals surface area (Å²) in [6.07, 6.45) is -0.370. The van der Waals surface area contributed by atoms with Crippen LogP contribution >= 0.6 is 11.6 Å². The minimum absolute atomic E-state index is 0.0185. The predicted molar refractivity (Wildman–Crippen MR) is 127 cm³/mol. The summed E-state index contributed by atoms with van der Waals surface area (Å²) >= 11 is 6.18. The third-order valence-corrected chi connectivity index (χ3v) is 7.03. The van der Waals surface area contributed by atoms with Gasteiger partial charge in [0.1, 0.15) is 17.6 Å². The molecule has 3 aromatic rings.